The first-order chi connectivity index (χ1) is 7.18. The van der Waals surface area contributed by atoms with Crippen LogP contribution in [-0.4, -0.2) is 16.8 Å². The lowest BCUT2D eigenvalue weighted by Crippen LogP contribution is -2.31. The van der Waals surface area contributed by atoms with E-state index in [1.807, 2.05) is 4.68 Å². The summed E-state index contributed by atoms with van der Waals surface area (Å²) in [5.41, 5.74) is 4.74. The van der Waals surface area contributed by atoms with Gasteiger partial charge in [0.05, 0.1) is 5.69 Å². The topological polar surface area (TPSA) is 29.9 Å². The molecule has 1 fully saturated rings. The van der Waals surface area contributed by atoms with Crippen molar-refractivity contribution >= 4 is 0 Å². The van der Waals surface area contributed by atoms with Gasteiger partial charge in [-0.25, -0.2) is 0 Å². The van der Waals surface area contributed by atoms with Crippen LogP contribution in [-0.2, 0) is 13.5 Å². The van der Waals surface area contributed by atoms with Gasteiger partial charge in [-0.1, -0.05) is 0 Å². The SMILES string of the molecule is CNC1c2c(nn(C)c2C)CCC12CC2. The van der Waals surface area contributed by atoms with Gasteiger partial charge in [0, 0.05) is 24.3 Å². The quantitative estimate of drug-likeness (QED) is 0.756. The van der Waals surface area contributed by atoms with Crippen LogP contribution in [0.15, 0.2) is 0 Å². The number of aromatic nitrogens is 2. The molecule has 1 unspecified atom stereocenters. The second-order valence-corrected chi connectivity index (χ2v) is 5.15. The highest BCUT2D eigenvalue weighted by molar-refractivity contribution is 5.35. The van der Waals surface area contributed by atoms with Gasteiger partial charge in [-0.15, -0.1) is 0 Å². The monoisotopic (exact) mass is 205 g/mol. The van der Waals surface area contributed by atoms with Gasteiger partial charge in [-0.05, 0) is 45.1 Å². The normalized spacial score (nSPS) is 26.7. The molecule has 0 radical (unpaired) electrons. The average molecular weight is 205 g/mol. The summed E-state index contributed by atoms with van der Waals surface area (Å²) in [7, 11) is 4.15. The van der Waals surface area contributed by atoms with Gasteiger partial charge >= 0.3 is 0 Å². The average Bonchev–Trinajstić information content (AvgIpc) is 2.94. The first-order valence-corrected chi connectivity index (χ1v) is 5.87. The molecule has 82 valence electrons. The Kier molecular flexibility index (Phi) is 1.78. The van der Waals surface area contributed by atoms with E-state index in [0.29, 0.717) is 11.5 Å². The molecule has 0 saturated heterocycles. The minimum absolute atomic E-state index is 0.551. The maximum Gasteiger partial charge on any atom is 0.0675 e. The van der Waals surface area contributed by atoms with Crippen molar-refractivity contribution in [2.45, 2.75) is 38.6 Å². The van der Waals surface area contributed by atoms with Gasteiger partial charge in [-0.3, -0.25) is 4.68 Å². The van der Waals surface area contributed by atoms with Crippen LogP contribution in [0, 0.1) is 12.3 Å². The molecule has 0 aliphatic heterocycles. The smallest absolute Gasteiger partial charge is 0.0675 e. The zero-order valence-corrected chi connectivity index (χ0v) is 9.80. The molecular weight excluding hydrogens is 186 g/mol. The lowest BCUT2D eigenvalue weighted by atomic mass is 9.79. The number of nitrogens with zero attached hydrogens (tertiary/aromatic N) is 2. The van der Waals surface area contributed by atoms with Gasteiger partial charge in [0.25, 0.3) is 0 Å². The summed E-state index contributed by atoms with van der Waals surface area (Å²) in [5.74, 6) is 0. The number of fused-ring (bicyclic) bond motifs is 1. The highest BCUT2D eigenvalue weighted by Gasteiger charge is 2.52. The molecule has 0 amide bonds. The van der Waals surface area contributed by atoms with E-state index in [1.54, 1.807) is 0 Å². The van der Waals surface area contributed by atoms with Crippen molar-refractivity contribution in [1.82, 2.24) is 15.1 Å². The maximum absolute atomic E-state index is 4.62. The molecular formula is C12H19N3. The fraction of sp³-hybridized carbons (Fsp3) is 0.750. The van der Waals surface area contributed by atoms with E-state index < -0.39 is 0 Å². The van der Waals surface area contributed by atoms with Crippen molar-refractivity contribution < 1.29 is 0 Å². The Labute approximate surface area is 90.9 Å². The third kappa shape index (κ3) is 1.13. The van der Waals surface area contributed by atoms with Crippen molar-refractivity contribution in [3.05, 3.63) is 17.0 Å². The molecule has 1 aromatic heterocycles. The highest BCUT2D eigenvalue weighted by Crippen LogP contribution is 2.60. The van der Waals surface area contributed by atoms with Gasteiger partial charge < -0.3 is 5.32 Å². The number of rotatable bonds is 1. The molecule has 1 heterocycles. The maximum atomic E-state index is 4.62. The van der Waals surface area contributed by atoms with Crippen LogP contribution in [0.3, 0.4) is 0 Å². The number of hydrogen-bond acceptors (Lipinski definition) is 2. The predicted octanol–water partition coefficient (Wildman–Crippen LogP) is 1.72. The fourth-order valence-corrected chi connectivity index (χ4v) is 3.22. The van der Waals surface area contributed by atoms with Crippen molar-refractivity contribution in [1.29, 1.82) is 0 Å². The van der Waals surface area contributed by atoms with Crippen LogP contribution >= 0.6 is 0 Å². The molecule has 1 saturated carbocycles. The van der Waals surface area contributed by atoms with Gasteiger partial charge in [0.2, 0.25) is 0 Å². The van der Waals surface area contributed by atoms with Crippen molar-refractivity contribution in [2.75, 3.05) is 7.05 Å². The summed E-state index contributed by atoms with van der Waals surface area (Å²) in [4.78, 5) is 0. The number of aryl methyl sites for hydroxylation is 2. The Morgan fingerprint density at radius 2 is 2.13 bits per heavy atom. The summed E-state index contributed by atoms with van der Waals surface area (Å²) in [6.07, 6.45) is 5.29. The van der Waals surface area contributed by atoms with Crippen molar-refractivity contribution in [3.63, 3.8) is 0 Å². The zero-order valence-electron chi connectivity index (χ0n) is 9.80. The van der Waals surface area contributed by atoms with Crippen LogP contribution in [0.2, 0.25) is 0 Å². The summed E-state index contributed by atoms with van der Waals surface area (Å²) < 4.78 is 2.04. The Hall–Kier alpha value is -0.830. The number of hydrogen-bond donors (Lipinski definition) is 1. The molecule has 3 nitrogen and oxygen atoms in total. The molecule has 1 atom stereocenters. The molecule has 1 aromatic rings. The molecule has 1 spiro atoms. The van der Waals surface area contributed by atoms with Gasteiger partial charge in [0.1, 0.15) is 0 Å². The predicted molar refractivity (Wildman–Crippen MR) is 59.7 cm³/mol. The Bertz CT molecular complexity index is 401. The second-order valence-electron chi connectivity index (χ2n) is 5.15. The van der Waals surface area contributed by atoms with E-state index in [0.717, 1.165) is 0 Å². The Morgan fingerprint density at radius 1 is 1.40 bits per heavy atom. The lowest BCUT2D eigenvalue weighted by molar-refractivity contribution is 0.310. The number of nitrogens with one attached hydrogen (secondary N) is 1. The minimum atomic E-state index is 0.551. The van der Waals surface area contributed by atoms with E-state index in [1.165, 1.54) is 42.6 Å². The van der Waals surface area contributed by atoms with Crippen LogP contribution in [0.25, 0.3) is 0 Å². The first-order valence-electron chi connectivity index (χ1n) is 5.87. The van der Waals surface area contributed by atoms with E-state index in [9.17, 15) is 0 Å². The Balaban J connectivity index is 2.12. The Morgan fingerprint density at radius 3 is 2.73 bits per heavy atom. The van der Waals surface area contributed by atoms with E-state index in [4.69, 9.17) is 0 Å². The minimum Gasteiger partial charge on any atom is -0.312 e. The van der Waals surface area contributed by atoms with E-state index in [2.05, 4.69) is 31.4 Å². The summed E-state index contributed by atoms with van der Waals surface area (Å²) in [6, 6.07) is 0.551. The molecule has 3 rings (SSSR count). The van der Waals surface area contributed by atoms with Crippen molar-refractivity contribution in [2.24, 2.45) is 12.5 Å². The van der Waals surface area contributed by atoms with E-state index in [-0.39, 0.29) is 0 Å². The standard InChI is InChI=1S/C12H19N3/c1-8-10-9(14-15(8)3)4-5-12(6-7-12)11(10)13-2/h11,13H,4-7H2,1-3H3. The third-order valence-electron chi connectivity index (χ3n) is 4.40. The van der Waals surface area contributed by atoms with Crippen LogP contribution < -0.4 is 5.32 Å². The van der Waals surface area contributed by atoms with Crippen molar-refractivity contribution in [3.8, 4) is 0 Å². The second kappa shape index (κ2) is 2.85. The molecule has 2 aliphatic rings. The highest BCUT2D eigenvalue weighted by atomic mass is 15.3. The first kappa shape index (κ1) is 9.40. The zero-order chi connectivity index (χ0) is 10.6. The largest absolute Gasteiger partial charge is 0.312 e. The van der Waals surface area contributed by atoms with Crippen LogP contribution in [0.1, 0.15) is 42.3 Å². The molecule has 0 aromatic carbocycles. The van der Waals surface area contributed by atoms with Gasteiger partial charge in [-0.2, -0.15) is 5.10 Å². The summed E-state index contributed by atoms with van der Waals surface area (Å²) in [6.45, 7) is 2.19. The lowest BCUT2D eigenvalue weighted by Gasteiger charge is -2.31. The summed E-state index contributed by atoms with van der Waals surface area (Å²) >= 11 is 0. The van der Waals surface area contributed by atoms with Gasteiger partial charge in [0.15, 0.2) is 0 Å². The molecule has 1 N–H and O–H groups in total. The third-order valence-corrected chi connectivity index (χ3v) is 4.40. The van der Waals surface area contributed by atoms with E-state index >= 15 is 0 Å². The molecule has 0 bridgehead atoms. The summed E-state index contributed by atoms with van der Waals surface area (Å²) in [5, 5.41) is 8.13. The molecule has 2 aliphatic carbocycles. The molecule has 15 heavy (non-hydrogen) atoms. The van der Waals surface area contributed by atoms with Crippen LogP contribution in [0.4, 0.5) is 0 Å². The molecule has 3 heteroatoms. The fourth-order valence-electron chi connectivity index (χ4n) is 3.22. The van der Waals surface area contributed by atoms with Crippen LogP contribution in [0.5, 0.6) is 0 Å².